The second-order valence-electron chi connectivity index (χ2n) is 4.26. The highest BCUT2D eigenvalue weighted by molar-refractivity contribution is 5.67. The molecule has 0 aromatic heterocycles. The molecule has 0 saturated carbocycles. The van der Waals surface area contributed by atoms with Gasteiger partial charge >= 0.3 is 6.09 Å². The summed E-state index contributed by atoms with van der Waals surface area (Å²) in [6.07, 6.45) is -0.268. The summed E-state index contributed by atoms with van der Waals surface area (Å²) >= 11 is 0. The molecule has 0 aliphatic carbocycles. The highest BCUT2D eigenvalue weighted by Crippen LogP contribution is 2.08. The third kappa shape index (κ3) is 11.3. The zero-order valence-corrected chi connectivity index (χ0v) is 11.9. The standard InChI is InChI=1S/C10H22N2O2.C2H6/c1-6-11-7-8-12(5)9(13)14-10(2,3)4;1-2/h11H,6-8H2,1-5H3;1-2H3. The van der Waals surface area contributed by atoms with Gasteiger partial charge in [-0.15, -0.1) is 0 Å². The molecule has 0 atom stereocenters. The Hall–Kier alpha value is -0.770. The maximum atomic E-state index is 11.4. The molecule has 98 valence electrons. The van der Waals surface area contributed by atoms with Crippen LogP contribution >= 0.6 is 0 Å². The molecule has 0 rings (SSSR count). The maximum absolute atomic E-state index is 11.4. The number of carbonyl (C=O) groups excluding carboxylic acids is 1. The molecule has 0 aromatic rings. The molecule has 0 saturated heterocycles. The first-order valence-corrected chi connectivity index (χ1v) is 6.01. The van der Waals surface area contributed by atoms with E-state index in [2.05, 4.69) is 5.32 Å². The minimum absolute atomic E-state index is 0.268. The molecular weight excluding hydrogens is 204 g/mol. The summed E-state index contributed by atoms with van der Waals surface area (Å²) in [4.78, 5) is 13.0. The minimum atomic E-state index is -0.413. The van der Waals surface area contributed by atoms with Crippen molar-refractivity contribution in [2.75, 3.05) is 26.7 Å². The van der Waals surface area contributed by atoms with E-state index in [0.717, 1.165) is 13.1 Å². The number of likely N-dealkylation sites (N-methyl/N-ethyl adjacent to an activating group) is 2. The molecule has 1 amide bonds. The number of carbonyl (C=O) groups is 1. The number of hydrogen-bond acceptors (Lipinski definition) is 3. The summed E-state index contributed by atoms with van der Waals surface area (Å²) in [5, 5.41) is 3.15. The summed E-state index contributed by atoms with van der Waals surface area (Å²) in [5.41, 5.74) is -0.413. The van der Waals surface area contributed by atoms with Crippen LogP contribution in [-0.2, 0) is 4.74 Å². The Balaban J connectivity index is 0. The van der Waals surface area contributed by atoms with Gasteiger partial charge in [-0.3, -0.25) is 0 Å². The van der Waals surface area contributed by atoms with E-state index < -0.39 is 5.60 Å². The molecule has 0 spiro atoms. The van der Waals surface area contributed by atoms with Gasteiger partial charge in [-0.25, -0.2) is 4.79 Å². The van der Waals surface area contributed by atoms with Gasteiger partial charge in [-0.1, -0.05) is 20.8 Å². The van der Waals surface area contributed by atoms with Crippen molar-refractivity contribution in [1.82, 2.24) is 10.2 Å². The lowest BCUT2D eigenvalue weighted by atomic mass is 10.2. The first-order valence-electron chi connectivity index (χ1n) is 6.01. The van der Waals surface area contributed by atoms with Gasteiger partial charge in [0.15, 0.2) is 0 Å². The van der Waals surface area contributed by atoms with Crippen molar-refractivity contribution in [2.24, 2.45) is 0 Å². The van der Waals surface area contributed by atoms with Gasteiger partial charge < -0.3 is 15.0 Å². The lowest BCUT2D eigenvalue weighted by Crippen LogP contribution is -2.37. The van der Waals surface area contributed by atoms with Crippen molar-refractivity contribution < 1.29 is 9.53 Å². The molecule has 0 aliphatic rings. The second-order valence-corrected chi connectivity index (χ2v) is 4.26. The number of hydrogen-bond donors (Lipinski definition) is 1. The van der Waals surface area contributed by atoms with Crippen LogP contribution in [0, 0.1) is 0 Å². The number of nitrogens with zero attached hydrogens (tertiary/aromatic N) is 1. The quantitative estimate of drug-likeness (QED) is 0.757. The van der Waals surface area contributed by atoms with Gasteiger partial charge in [-0.2, -0.15) is 0 Å². The summed E-state index contributed by atoms with van der Waals surface area (Å²) in [5.74, 6) is 0. The molecular formula is C12H28N2O2. The summed E-state index contributed by atoms with van der Waals surface area (Å²) in [7, 11) is 1.74. The zero-order valence-electron chi connectivity index (χ0n) is 11.9. The van der Waals surface area contributed by atoms with E-state index in [0.29, 0.717) is 6.54 Å². The number of amides is 1. The van der Waals surface area contributed by atoms with Crippen LogP contribution in [0.25, 0.3) is 0 Å². The lowest BCUT2D eigenvalue weighted by Gasteiger charge is -2.24. The molecule has 4 nitrogen and oxygen atoms in total. The molecule has 0 aliphatic heterocycles. The smallest absolute Gasteiger partial charge is 0.410 e. The number of ether oxygens (including phenoxy) is 1. The summed E-state index contributed by atoms with van der Waals surface area (Å²) in [6.45, 7) is 14.0. The first kappa shape index (κ1) is 17.6. The van der Waals surface area contributed by atoms with Crippen molar-refractivity contribution in [3.63, 3.8) is 0 Å². The molecule has 1 N–H and O–H groups in total. The van der Waals surface area contributed by atoms with Gasteiger partial charge in [0.1, 0.15) is 5.60 Å². The van der Waals surface area contributed by atoms with E-state index in [1.807, 2.05) is 41.5 Å². The van der Waals surface area contributed by atoms with Gasteiger partial charge in [0.2, 0.25) is 0 Å². The van der Waals surface area contributed by atoms with Crippen molar-refractivity contribution in [3.8, 4) is 0 Å². The van der Waals surface area contributed by atoms with Crippen molar-refractivity contribution in [3.05, 3.63) is 0 Å². The van der Waals surface area contributed by atoms with E-state index in [9.17, 15) is 4.79 Å². The Bertz CT molecular complexity index is 176. The van der Waals surface area contributed by atoms with E-state index in [-0.39, 0.29) is 6.09 Å². The van der Waals surface area contributed by atoms with Gasteiger partial charge in [0.25, 0.3) is 0 Å². The Labute approximate surface area is 100 Å². The van der Waals surface area contributed by atoms with E-state index >= 15 is 0 Å². The van der Waals surface area contributed by atoms with E-state index in [1.165, 1.54) is 0 Å². The van der Waals surface area contributed by atoms with Gasteiger partial charge in [0, 0.05) is 20.1 Å². The first-order chi connectivity index (χ1) is 7.37. The predicted octanol–water partition coefficient (Wildman–Crippen LogP) is 2.49. The van der Waals surface area contributed by atoms with Crippen LogP contribution in [0.5, 0.6) is 0 Å². The third-order valence-electron chi connectivity index (χ3n) is 1.58. The van der Waals surface area contributed by atoms with Gasteiger partial charge in [-0.05, 0) is 27.3 Å². The van der Waals surface area contributed by atoms with Gasteiger partial charge in [0.05, 0.1) is 0 Å². The summed E-state index contributed by atoms with van der Waals surface area (Å²) < 4.78 is 5.19. The fourth-order valence-electron chi connectivity index (χ4n) is 0.855. The second kappa shape index (κ2) is 9.46. The number of rotatable bonds is 4. The molecule has 0 aromatic carbocycles. The largest absolute Gasteiger partial charge is 0.444 e. The monoisotopic (exact) mass is 232 g/mol. The molecule has 0 bridgehead atoms. The molecule has 0 unspecified atom stereocenters. The molecule has 0 radical (unpaired) electrons. The fourth-order valence-corrected chi connectivity index (χ4v) is 0.855. The van der Waals surface area contributed by atoms with Crippen LogP contribution in [-0.4, -0.2) is 43.3 Å². The Kier molecular flexibility index (Phi) is 10.4. The molecule has 0 fully saturated rings. The average Bonchev–Trinajstić information content (AvgIpc) is 2.18. The van der Waals surface area contributed by atoms with Crippen LogP contribution in [0.4, 0.5) is 4.79 Å². The van der Waals surface area contributed by atoms with E-state index in [1.54, 1.807) is 11.9 Å². The van der Waals surface area contributed by atoms with E-state index in [4.69, 9.17) is 4.74 Å². The summed E-state index contributed by atoms with van der Waals surface area (Å²) in [6, 6.07) is 0. The maximum Gasteiger partial charge on any atom is 0.410 e. The predicted molar refractivity (Wildman–Crippen MR) is 68.8 cm³/mol. The molecule has 0 heterocycles. The minimum Gasteiger partial charge on any atom is -0.444 e. The highest BCUT2D eigenvalue weighted by Gasteiger charge is 2.18. The third-order valence-corrected chi connectivity index (χ3v) is 1.58. The Morgan fingerprint density at radius 2 is 1.81 bits per heavy atom. The van der Waals surface area contributed by atoms with Crippen molar-refractivity contribution in [1.29, 1.82) is 0 Å². The SMILES string of the molecule is CC.CCNCCN(C)C(=O)OC(C)(C)C. The highest BCUT2D eigenvalue weighted by atomic mass is 16.6. The van der Waals surface area contributed by atoms with Crippen LogP contribution in [0.3, 0.4) is 0 Å². The zero-order chi connectivity index (χ0) is 13.2. The van der Waals surface area contributed by atoms with Crippen LogP contribution in [0.1, 0.15) is 41.5 Å². The number of nitrogens with one attached hydrogen (secondary N) is 1. The van der Waals surface area contributed by atoms with Crippen molar-refractivity contribution in [2.45, 2.75) is 47.1 Å². The Morgan fingerprint density at radius 1 is 1.31 bits per heavy atom. The molecule has 16 heavy (non-hydrogen) atoms. The Morgan fingerprint density at radius 3 is 2.19 bits per heavy atom. The topological polar surface area (TPSA) is 41.6 Å². The average molecular weight is 232 g/mol. The fraction of sp³-hybridized carbons (Fsp3) is 0.917. The van der Waals surface area contributed by atoms with Crippen molar-refractivity contribution >= 4 is 6.09 Å². The van der Waals surface area contributed by atoms with Crippen LogP contribution in [0.2, 0.25) is 0 Å². The van der Waals surface area contributed by atoms with Crippen LogP contribution in [0.15, 0.2) is 0 Å². The normalized spacial score (nSPS) is 10.2. The lowest BCUT2D eigenvalue weighted by molar-refractivity contribution is 0.0301. The van der Waals surface area contributed by atoms with Crippen LogP contribution < -0.4 is 5.32 Å². The molecule has 4 heteroatoms.